The highest BCUT2D eigenvalue weighted by Crippen LogP contribution is 2.33. The quantitative estimate of drug-likeness (QED) is 0.828. The summed E-state index contributed by atoms with van der Waals surface area (Å²) >= 11 is 0. The normalized spacial score (nSPS) is 37.4. The van der Waals surface area contributed by atoms with Gasteiger partial charge in [-0.15, -0.1) is 0 Å². The van der Waals surface area contributed by atoms with Crippen LogP contribution in [-0.4, -0.2) is 47.6 Å². The van der Waals surface area contributed by atoms with Gasteiger partial charge in [0.1, 0.15) is 12.6 Å². The lowest BCUT2D eigenvalue weighted by molar-refractivity contribution is -0.153. The summed E-state index contributed by atoms with van der Waals surface area (Å²) < 4.78 is 5.60. The molecule has 0 bridgehead atoms. The summed E-state index contributed by atoms with van der Waals surface area (Å²) in [6.07, 6.45) is 1.63. The molecule has 2 amide bonds. The number of rotatable bonds is 3. The van der Waals surface area contributed by atoms with Gasteiger partial charge in [0.25, 0.3) is 0 Å². The van der Waals surface area contributed by atoms with Crippen molar-refractivity contribution in [2.45, 2.75) is 58.2 Å². The Morgan fingerprint density at radius 3 is 2.74 bits per heavy atom. The van der Waals surface area contributed by atoms with Gasteiger partial charge in [-0.05, 0) is 26.2 Å². The maximum atomic E-state index is 12.7. The van der Waals surface area contributed by atoms with E-state index in [1.807, 2.05) is 27.7 Å². The largest absolute Gasteiger partial charge is 0.376 e. The van der Waals surface area contributed by atoms with Crippen molar-refractivity contribution < 1.29 is 14.3 Å². The van der Waals surface area contributed by atoms with E-state index in [4.69, 9.17) is 4.74 Å². The van der Waals surface area contributed by atoms with Crippen molar-refractivity contribution in [2.75, 3.05) is 13.2 Å². The first-order valence-electron chi connectivity index (χ1n) is 7.12. The van der Waals surface area contributed by atoms with Crippen LogP contribution in [0.5, 0.6) is 0 Å². The monoisotopic (exact) mass is 268 g/mol. The number of nitrogens with one attached hydrogen (secondary N) is 1. The van der Waals surface area contributed by atoms with Crippen molar-refractivity contribution in [2.24, 2.45) is 5.92 Å². The number of amides is 2. The van der Waals surface area contributed by atoms with Crippen LogP contribution in [0.25, 0.3) is 0 Å². The van der Waals surface area contributed by atoms with Crippen molar-refractivity contribution in [3.63, 3.8) is 0 Å². The number of carbonyl (C=O) groups excluding carboxylic acids is 2. The number of ether oxygens (including phenoxy) is 1. The van der Waals surface area contributed by atoms with Crippen LogP contribution in [0.1, 0.15) is 40.5 Å². The molecule has 5 nitrogen and oxygen atoms in total. The Morgan fingerprint density at radius 2 is 2.21 bits per heavy atom. The minimum absolute atomic E-state index is 0.0278. The van der Waals surface area contributed by atoms with Gasteiger partial charge in [-0.2, -0.15) is 0 Å². The Labute approximate surface area is 114 Å². The topological polar surface area (TPSA) is 58.6 Å². The van der Waals surface area contributed by atoms with E-state index >= 15 is 0 Å². The fourth-order valence-electron chi connectivity index (χ4n) is 2.90. The molecule has 19 heavy (non-hydrogen) atoms. The maximum Gasteiger partial charge on any atom is 0.246 e. The van der Waals surface area contributed by atoms with Crippen LogP contribution in [-0.2, 0) is 14.3 Å². The molecule has 108 valence electrons. The van der Waals surface area contributed by atoms with Crippen LogP contribution in [0, 0.1) is 5.92 Å². The second-order valence-corrected chi connectivity index (χ2v) is 5.98. The van der Waals surface area contributed by atoms with Gasteiger partial charge in [0.2, 0.25) is 11.8 Å². The van der Waals surface area contributed by atoms with Crippen LogP contribution in [0.3, 0.4) is 0 Å². The zero-order valence-corrected chi connectivity index (χ0v) is 12.2. The third-order valence-electron chi connectivity index (χ3n) is 4.83. The fourth-order valence-corrected chi connectivity index (χ4v) is 2.90. The smallest absolute Gasteiger partial charge is 0.246 e. The zero-order valence-electron chi connectivity index (χ0n) is 12.2. The van der Waals surface area contributed by atoms with E-state index < -0.39 is 6.04 Å². The zero-order chi connectivity index (χ0) is 14.2. The Morgan fingerprint density at radius 1 is 1.53 bits per heavy atom. The summed E-state index contributed by atoms with van der Waals surface area (Å²) in [7, 11) is 0. The second kappa shape index (κ2) is 5.12. The molecule has 0 aromatic heterocycles. The molecular weight excluding hydrogens is 244 g/mol. The molecular formula is C14H24N2O3. The second-order valence-electron chi connectivity index (χ2n) is 5.98. The molecule has 2 saturated heterocycles. The molecule has 1 N–H and O–H groups in total. The van der Waals surface area contributed by atoms with Crippen molar-refractivity contribution in [3.8, 4) is 0 Å². The first-order valence-corrected chi connectivity index (χ1v) is 7.12. The van der Waals surface area contributed by atoms with Gasteiger partial charge in [-0.1, -0.05) is 20.3 Å². The molecule has 0 spiro atoms. The van der Waals surface area contributed by atoms with E-state index in [9.17, 15) is 9.59 Å². The van der Waals surface area contributed by atoms with E-state index in [0.717, 1.165) is 12.8 Å². The molecule has 4 atom stereocenters. The molecule has 2 fully saturated rings. The third-order valence-corrected chi connectivity index (χ3v) is 4.83. The average molecular weight is 268 g/mol. The number of hydrogen-bond acceptors (Lipinski definition) is 3. The predicted molar refractivity (Wildman–Crippen MR) is 71.5 cm³/mol. The van der Waals surface area contributed by atoms with Gasteiger partial charge >= 0.3 is 0 Å². The molecule has 0 aliphatic carbocycles. The predicted octanol–water partition coefficient (Wildman–Crippen LogP) is 0.927. The molecule has 0 saturated carbocycles. The molecule has 5 heteroatoms. The Bertz CT molecular complexity index is 385. The lowest BCUT2D eigenvalue weighted by atomic mass is 9.88. The van der Waals surface area contributed by atoms with Crippen LogP contribution in [0.15, 0.2) is 0 Å². The first kappa shape index (κ1) is 14.3. The summed E-state index contributed by atoms with van der Waals surface area (Å²) in [6.45, 7) is 8.84. The van der Waals surface area contributed by atoms with Crippen LogP contribution in [0.2, 0.25) is 0 Å². The van der Waals surface area contributed by atoms with Gasteiger partial charge in [-0.3, -0.25) is 9.59 Å². The SMILES string of the molecule is CCC(C)C1NC(=O)CN(C2(C)CCOC2C)C1=O. The van der Waals surface area contributed by atoms with Crippen LogP contribution < -0.4 is 5.32 Å². The standard InChI is InChI=1S/C14H24N2O3/c1-5-9(2)12-13(18)16(8-11(17)15-12)14(4)6-7-19-10(14)3/h9-10,12H,5-8H2,1-4H3,(H,15,17). The summed E-state index contributed by atoms with van der Waals surface area (Å²) in [5.74, 6) is 0.125. The highest BCUT2D eigenvalue weighted by molar-refractivity contribution is 5.95. The van der Waals surface area contributed by atoms with E-state index in [-0.39, 0.29) is 35.9 Å². The molecule has 0 aromatic rings. The average Bonchev–Trinajstić information content (AvgIpc) is 2.72. The molecule has 2 rings (SSSR count). The van der Waals surface area contributed by atoms with Crippen LogP contribution in [0.4, 0.5) is 0 Å². The molecule has 0 radical (unpaired) electrons. The van der Waals surface area contributed by atoms with Gasteiger partial charge in [0.15, 0.2) is 0 Å². The van der Waals surface area contributed by atoms with Gasteiger partial charge < -0.3 is 15.0 Å². The van der Waals surface area contributed by atoms with Crippen molar-refractivity contribution in [1.29, 1.82) is 0 Å². The van der Waals surface area contributed by atoms with E-state index in [0.29, 0.717) is 6.61 Å². The number of piperazine rings is 1. The minimum atomic E-state index is -0.393. The lowest BCUT2D eigenvalue weighted by Gasteiger charge is -2.45. The van der Waals surface area contributed by atoms with Crippen molar-refractivity contribution >= 4 is 11.8 Å². The maximum absolute atomic E-state index is 12.7. The molecule has 4 unspecified atom stereocenters. The summed E-state index contributed by atoms with van der Waals surface area (Å²) in [5, 5.41) is 2.83. The Kier molecular flexibility index (Phi) is 3.85. The molecule has 2 aliphatic rings. The van der Waals surface area contributed by atoms with Crippen LogP contribution >= 0.6 is 0 Å². The first-order chi connectivity index (χ1) is 8.90. The molecule has 0 aromatic carbocycles. The summed E-state index contributed by atoms with van der Waals surface area (Å²) in [5.41, 5.74) is -0.361. The molecule has 2 heterocycles. The van der Waals surface area contributed by atoms with E-state index in [1.54, 1.807) is 4.90 Å². The third kappa shape index (κ3) is 2.36. The number of carbonyl (C=O) groups is 2. The van der Waals surface area contributed by atoms with Gasteiger partial charge in [0, 0.05) is 6.61 Å². The minimum Gasteiger partial charge on any atom is -0.376 e. The highest BCUT2D eigenvalue weighted by atomic mass is 16.5. The van der Waals surface area contributed by atoms with Gasteiger partial charge in [-0.25, -0.2) is 0 Å². The Hall–Kier alpha value is -1.10. The van der Waals surface area contributed by atoms with E-state index in [1.165, 1.54) is 0 Å². The van der Waals surface area contributed by atoms with Crippen molar-refractivity contribution in [1.82, 2.24) is 10.2 Å². The van der Waals surface area contributed by atoms with Crippen molar-refractivity contribution in [3.05, 3.63) is 0 Å². The summed E-state index contributed by atoms with van der Waals surface area (Å²) in [4.78, 5) is 26.3. The van der Waals surface area contributed by atoms with Gasteiger partial charge in [0.05, 0.1) is 11.6 Å². The number of hydrogen-bond donors (Lipinski definition) is 1. The lowest BCUT2D eigenvalue weighted by Crippen LogP contribution is -2.67. The fraction of sp³-hybridized carbons (Fsp3) is 0.857. The number of nitrogens with zero attached hydrogens (tertiary/aromatic N) is 1. The van der Waals surface area contributed by atoms with E-state index in [2.05, 4.69) is 5.32 Å². The Balaban J connectivity index is 2.25. The highest BCUT2D eigenvalue weighted by Gasteiger charge is 2.49. The molecule has 2 aliphatic heterocycles. The summed E-state index contributed by atoms with van der Waals surface area (Å²) in [6, 6.07) is -0.393.